The van der Waals surface area contributed by atoms with Crippen molar-refractivity contribution in [3.63, 3.8) is 0 Å². The van der Waals surface area contributed by atoms with Crippen molar-refractivity contribution in [3.8, 4) is 0 Å². The minimum absolute atomic E-state index is 0.131. The zero-order valence-electron chi connectivity index (χ0n) is 13.7. The molecule has 0 amide bonds. The summed E-state index contributed by atoms with van der Waals surface area (Å²) >= 11 is 0. The standard InChI is InChI=1S/C17H21NO5S/c1-17(16(19)20,24(2,21)22)10-14-9-15(18-23-14)13-7-5-12(6-8-13)11-3-4-11/h5-8,11,14H,3-4,9-10H2,1-2H3,(H,19,20). The Hall–Kier alpha value is -1.89. The summed E-state index contributed by atoms with van der Waals surface area (Å²) in [5.41, 5.74) is 2.98. The summed E-state index contributed by atoms with van der Waals surface area (Å²) < 4.78 is 21.9. The Bertz CT molecular complexity index is 780. The second kappa shape index (κ2) is 5.88. The van der Waals surface area contributed by atoms with Crippen molar-refractivity contribution in [2.24, 2.45) is 5.16 Å². The van der Waals surface area contributed by atoms with Gasteiger partial charge in [0.05, 0.1) is 5.71 Å². The summed E-state index contributed by atoms with van der Waals surface area (Å²) in [4.78, 5) is 16.8. The summed E-state index contributed by atoms with van der Waals surface area (Å²) in [6.45, 7) is 1.22. The third-order valence-corrected chi connectivity index (χ3v) is 6.89. The van der Waals surface area contributed by atoms with Crippen LogP contribution in [0, 0.1) is 0 Å². The van der Waals surface area contributed by atoms with Crippen LogP contribution in [0.3, 0.4) is 0 Å². The van der Waals surface area contributed by atoms with Gasteiger partial charge >= 0.3 is 5.97 Å². The Balaban J connectivity index is 1.69. The van der Waals surface area contributed by atoms with Gasteiger partial charge in [0.25, 0.3) is 0 Å². The average molecular weight is 351 g/mol. The molecular formula is C17H21NO5S. The van der Waals surface area contributed by atoms with Crippen LogP contribution in [0.4, 0.5) is 0 Å². The van der Waals surface area contributed by atoms with Crippen molar-refractivity contribution in [3.05, 3.63) is 35.4 Å². The highest BCUT2D eigenvalue weighted by Gasteiger charge is 2.47. The number of hydrogen-bond acceptors (Lipinski definition) is 5. The van der Waals surface area contributed by atoms with Gasteiger partial charge in [-0.3, -0.25) is 4.79 Å². The van der Waals surface area contributed by atoms with Gasteiger partial charge in [0.15, 0.2) is 14.6 Å². The summed E-state index contributed by atoms with van der Waals surface area (Å²) in [6.07, 6.45) is 3.14. The number of carboxylic acids is 1. The summed E-state index contributed by atoms with van der Waals surface area (Å²) in [6, 6.07) is 8.15. The second-order valence-corrected chi connectivity index (χ2v) is 9.32. The number of rotatable bonds is 6. The first kappa shape index (κ1) is 17.0. The molecule has 1 heterocycles. The lowest BCUT2D eigenvalue weighted by Gasteiger charge is -2.24. The molecule has 1 fully saturated rings. The van der Waals surface area contributed by atoms with Crippen molar-refractivity contribution in [1.82, 2.24) is 0 Å². The molecule has 1 aromatic rings. The minimum atomic E-state index is -3.77. The van der Waals surface area contributed by atoms with Crippen LogP contribution >= 0.6 is 0 Å². The SMILES string of the molecule is CC(CC1CC(c2ccc(C3CC3)cc2)=NO1)(C(=O)O)S(C)(=O)=O. The Kier molecular flexibility index (Phi) is 4.15. The fourth-order valence-electron chi connectivity index (χ4n) is 2.90. The molecule has 3 rings (SSSR count). The zero-order chi connectivity index (χ0) is 17.5. The van der Waals surface area contributed by atoms with Crippen LogP contribution in [0.15, 0.2) is 29.4 Å². The molecule has 0 spiro atoms. The molecule has 0 saturated heterocycles. The van der Waals surface area contributed by atoms with E-state index < -0.39 is 26.7 Å². The van der Waals surface area contributed by atoms with Gasteiger partial charge in [-0.1, -0.05) is 29.4 Å². The molecule has 6 nitrogen and oxygen atoms in total. The third kappa shape index (κ3) is 3.17. The molecule has 0 aromatic heterocycles. The molecule has 130 valence electrons. The van der Waals surface area contributed by atoms with Gasteiger partial charge in [-0.2, -0.15) is 0 Å². The average Bonchev–Trinajstić information content (AvgIpc) is 3.26. The van der Waals surface area contributed by atoms with Crippen LogP contribution in [-0.4, -0.2) is 42.3 Å². The van der Waals surface area contributed by atoms with Gasteiger partial charge in [-0.15, -0.1) is 0 Å². The number of sulfone groups is 1. The van der Waals surface area contributed by atoms with Crippen LogP contribution in [-0.2, 0) is 19.5 Å². The molecule has 7 heteroatoms. The highest BCUT2D eigenvalue weighted by molar-refractivity contribution is 7.92. The van der Waals surface area contributed by atoms with E-state index in [2.05, 4.69) is 17.3 Å². The fraction of sp³-hybridized carbons (Fsp3) is 0.529. The molecule has 1 saturated carbocycles. The number of oxime groups is 1. The molecule has 1 N–H and O–H groups in total. The molecule has 1 aromatic carbocycles. The Morgan fingerprint density at radius 1 is 1.33 bits per heavy atom. The molecule has 1 aliphatic carbocycles. The van der Waals surface area contributed by atoms with Crippen molar-refractivity contribution in [2.75, 3.05) is 6.26 Å². The first-order valence-electron chi connectivity index (χ1n) is 7.97. The van der Waals surface area contributed by atoms with Crippen LogP contribution in [0.25, 0.3) is 0 Å². The maximum Gasteiger partial charge on any atom is 0.324 e. The lowest BCUT2D eigenvalue weighted by Crippen LogP contribution is -2.45. The molecular weight excluding hydrogens is 330 g/mol. The Morgan fingerprint density at radius 2 is 1.96 bits per heavy atom. The molecule has 0 bridgehead atoms. The molecule has 24 heavy (non-hydrogen) atoms. The van der Waals surface area contributed by atoms with E-state index in [4.69, 9.17) is 4.84 Å². The number of nitrogens with zero attached hydrogens (tertiary/aromatic N) is 1. The van der Waals surface area contributed by atoms with Crippen molar-refractivity contribution >= 4 is 21.5 Å². The number of aliphatic carboxylic acids is 1. The van der Waals surface area contributed by atoms with Gasteiger partial charge in [0, 0.05) is 19.1 Å². The van der Waals surface area contributed by atoms with E-state index in [1.165, 1.54) is 25.3 Å². The van der Waals surface area contributed by atoms with Gasteiger partial charge in [0.1, 0.15) is 6.10 Å². The van der Waals surface area contributed by atoms with E-state index in [0.29, 0.717) is 12.3 Å². The largest absolute Gasteiger partial charge is 0.480 e. The second-order valence-electron chi connectivity index (χ2n) is 6.88. The maximum atomic E-state index is 11.9. The lowest BCUT2D eigenvalue weighted by atomic mass is 9.96. The van der Waals surface area contributed by atoms with E-state index >= 15 is 0 Å². The van der Waals surface area contributed by atoms with E-state index in [0.717, 1.165) is 17.5 Å². The Morgan fingerprint density at radius 3 is 2.46 bits per heavy atom. The van der Waals surface area contributed by atoms with Crippen molar-refractivity contribution in [1.29, 1.82) is 0 Å². The highest BCUT2D eigenvalue weighted by Crippen LogP contribution is 2.40. The van der Waals surface area contributed by atoms with Crippen LogP contribution in [0.1, 0.15) is 49.7 Å². The topological polar surface area (TPSA) is 93.0 Å². The van der Waals surface area contributed by atoms with Gasteiger partial charge in [-0.05, 0) is 36.8 Å². The number of carbonyl (C=O) groups is 1. The number of benzene rings is 1. The van der Waals surface area contributed by atoms with Gasteiger partial charge in [0.2, 0.25) is 0 Å². The normalized spacial score (nSPS) is 23.2. The van der Waals surface area contributed by atoms with E-state index in [-0.39, 0.29) is 6.42 Å². The molecule has 0 radical (unpaired) electrons. The van der Waals surface area contributed by atoms with Gasteiger partial charge in [-0.25, -0.2) is 8.42 Å². The number of hydrogen-bond donors (Lipinski definition) is 1. The molecule has 2 atom stereocenters. The highest BCUT2D eigenvalue weighted by atomic mass is 32.2. The quantitative estimate of drug-likeness (QED) is 0.849. The van der Waals surface area contributed by atoms with Crippen LogP contribution < -0.4 is 0 Å². The Labute approximate surface area is 141 Å². The first-order chi connectivity index (χ1) is 11.2. The number of carboxylic acid groups (broad SMARTS) is 1. The predicted octanol–water partition coefficient (Wildman–Crippen LogP) is 2.33. The van der Waals surface area contributed by atoms with Crippen molar-refractivity contribution in [2.45, 2.75) is 49.4 Å². The zero-order valence-corrected chi connectivity index (χ0v) is 14.5. The monoisotopic (exact) mass is 351 g/mol. The molecule has 1 aliphatic heterocycles. The fourth-order valence-corrected chi connectivity index (χ4v) is 3.71. The van der Waals surface area contributed by atoms with Gasteiger partial charge < -0.3 is 9.94 Å². The van der Waals surface area contributed by atoms with E-state index in [9.17, 15) is 18.3 Å². The molecule has 2 aliphatic rings. The summed E-state index contributed by atoms with van der Waals surface area (Å²) in [7, 11) is -3.77. The van der Waals surface area contributed by atoms with Crippen LogP contribution in [0.5, 0.6) is 0 Å². The third-order valence-electron chi connectivity index (χ3n) is 4.91. The summed E-state index contributed by atoms with van der Waals surface area (Å²) in [5.74, 6) is -0.685. The van der Waals surface area contributed by atoms with E-state index in [1.807, 2.05) is 12.1 Å². The first-order valence-corrected chi connectivity index (χ1v) is 9.86. The predicted molar refractivity (Wildman–Crippen MR) is 89.9 cm³/mol. The van der Waals surface area contributed by atoms with Crippen LogP contribution in [0.2, 0.25) is 0 Å². The maximum absolute atomic E-state index is 11.9. The molecule has 2 unspecified atom stereocenters. The van der Waals surface area contributed by atoms with E-state index in [1.54, 1.807) is 0 Å². The smallest absolute Gasteiger partial charge is 0.324 e. The lowest BCUT2D eigenvalue weighted by molar-refractivity contribution is -0.140. The van der Waals surface area contributed by atoms with Crippen molar-refractivity contribution < 1.29 is 23.2 Å². The minimum Gasteiger partial charge on any atom is -0.480 e. The summed E-state index contributed by atoms with van der Waals surface area (Å²) in [5, 5.41) is 13.4.